The highest BCUT2D eigenvalue weighted by atomic mass is 79.9. The molecule has 8 heteroatoms. The van der Waals surface area contributed by atoms with Crippen LogP contribution in [0.5, 0.6) is 0 Å². The number of esters is 1. The summed E-state index contributed by atoms with van der Waals surface area (Å²) in [6.45, 7) is 6.20. The molecule has 1 amide bonds. The first-order chi connectivity index (χ1) is 13.1. The van der Waals surface area contributed by atoms with Gasteiger partial charge in [0, 0.05) is 13.1 Å². The van der Waals surface area contributed by atoms with Gasteiger partial charge < -0.3 is 19.1 Å². The van der Waals surface area contributed by atoms with Crippen LogP contribution in [0.3, 0.4) is 0 Å². The molecule has 0 bridgehead atoms. The van der Waals surface area contributed by atoms with Crippen LogP contribution in [0.15, 0.2) is 18.2 Å². The minimum Gasteiger partial charge on any atom is -0.469 e. The van der Waals surface area contributed by atoms with Crippen LogP contribution >= 0.6 is 15.9 Å². The summed E-state index contributed by atoms with van der Waals surface area (Å²) >= 11 is 3.65. The predicted octanol–water partition coefficient (Wildman–Crippen LogP) is 4.06. The molecule has 1 spiro atoms. The number of methoxy groups -OCH3 is 1. The highest BCUT2D eigenvalue weighted by molar-refractivity contribution is 9.09. The lowest BCUT2D eigenvalue weighted by atomic mass is 9.83. The fourth-order valence-corrected chi connectivity index (χ4v) is 4.69. The zero-order valence-electron chi connectivity index (χ0n) is 16.5. The number of alkyl halides is 1. The van der Waals surface area contributed by atoms with Gasteiger partial charge in [0.05, 0.1) is 24.5 Å². The first-order valence-electron chi connectivity index (χ1n) is 9.22. The first-order valence-corrected chi connectivity index (χ1v) is 10.1. The van der Waals surface area contributed by atoms with Gasteiger partial charge in [-0.05, 0) is 50.5 Å². The van der Waals surface area contributed by atoms with Crippen molar-refractivity contribution < 1.29 is 28.2 Å². The predicted molar refractivity (Wildman–Crippen MR) is 104 cm³/mol. The average molecular weight is 458 g/mol. The van der Waals surface area contributed by atoms with Crippen molar-refractivity contribution in [2.45, 2.75) is 55.7 Å². The Morgan fingerprint density at radius 2 is 2.11 bits per heavy atom. The number of fused-ring (bicyclic) bond motifs is 2. The van der Waals surface area contributed by atoms with Crippen molar-refractivity contribution in [1.29, 1.82) is 0 Å². The molecule has 1 aromatic rings. The zero-order chi connectivity index (χ0) is 20.7. The summed E-state index contributed by atoms with van der Waals surface area (Å²) in [6.07, 6.45) is -0.408. The van der Waals surface area contributed by atoms with E-state index in [4.69, 9.17) is 14.2 Å². The number of hydrogen-bond acceptors (Lipinski definition) is 5. The second-order valence-corrected chi connectivity index (χ2v) is 9.26. The van der Waals surface area contributed by atoms with Gasteiger partial charge >= 0.3 is 12.1 Å². The molecule has 3 rings (SSSR count). The summed E-state index contributed by atoms with van der Waals surface area (Å²) in [5.41, 5.74) is 0.0857. The quantitative estimate of drug-likeness (QED) is 0.494. The molecule has 0 aliphatic carbocycles. The van der Waals surface area contributed by atoms with Crippen molar-refractivity contribution >= 4 is 28.0 Å². The van der Waals surface area contributed by atoms with E-state index in [2.05, 4.69) is 15.9 Å². The van der Waals surface area contributed by atoms with Crippen LogP contribution in [-0.4, -0.2) is 47.6 Å². The van der Waals surface area contributed by atoms with Crippen molar-refractivity contribution in [1.82, 2.24) is 4.90 Å². The number of carbonyl (C=O) groups is 2. The van der Waals surface area contributed by atoms with Crippen LogP contribution in [0.25, 0.3) is 0 Å². The Morgan fingerprint density at radius 1 is 1.39 bits per heavy atom. The number of hydrogen-bond donors (Lipinski definition) is 0. The summed E-state index contributed by atoms with van der Waals surface area (Å²) in [7, 11) is 1.32. The maximum atomic E-state index is 14.0. The molecule has 3 atom stereocenters. The number of carbonyl (C=O) groups excluding carboxylic acids is 2. The third kappa shape index (κ3) is 4.03. The number of rotatable bonds is 2. The summed E-state index contributed by atoms with van der Waals surface area (Å²) in [4.78, 5) is 25.6. The largest absolute Gasteiger partial charge is 0.469 e. The van der Waals surface area contributed by atoms with Gasteiger partial charge in [-0.25, -0.2) is 9.18 Å². The monoisotopic (exact) mass is 457 g/mol. The molecule has 2 aliphatic heterocycles. The molecule has 6 nitrogen and oxygen atoms in total. The van der Waals surface area contributed by atoms with E-state index in [1.165, 1.54) is 19.2 Å². The fraction of sp³-hybridized carbons (Fsp3) is 0.600. The molecule has 3 unspecified atom stereocenters. The maximum absolute atomic E-state index is 14.0. The lowest BCUT2D eigenvalue weighted by Crippen LogP contribution is -2.53. The number of halogens is 2. The van der Waals surface area contributed by atoms with E-state index in [0.717, 1.165) is 5.56 Å². The topological polar surface area (TPSA) is 65.1 Å². The minimum absolute atomic E-state index is 0.0480. The molecule has 28 heavy (non-hydrogen) atoms. The van der Waals surface area contributed by atoms with Gasteiger partial charge in [0.15, 0.2) is 0 Å². The van der Waals surface area contributed by atoms with E-state index in [-0.39, 0.29) is 17.1 Å². The normalized spacial score (nSPS) is 26.9. The van der Waals surface area contributed by atoms with E-state index in [0.29, 0.717) is 25.1 Å². The van der Waals surface area contributed by atoms with Gasteiger partial charge in [0.2, 0.25) is 0 Å². The van der Waals surface area contributed by atoms with Gasteiger partial charge in [0.1, 0.15) is 17.0 Å². The van der Waals surface area contributed by atoms with Crippen molar-refractivity contribution in [3.8, 4) is 0 Å². The Bertz CT molecular complexity index is 780. The molecular weight excluding hydrogens is 433 g/mol. The molecule has 154 valence electrons. The van der Waals surface area contributed by atoms with E-state index >= 15 is 0 Å². The van der Waals surface area contributed by atoms with Gasteiger partial charge in [-0.3, -0.25) is 4.79 Å². The number of amides is 1. The smallest absolute Gasteiger partial charge is 0.410 e. The Balaban J connectivity index is 1.85. The molecule has 0 radical (unpaired) electrons. The average Bonchev–Trinajstić information content (AvgIpc) is 2.89. The van der Waals surface area contributed by atoms with Crippen LogP contribution in [-0.2, 0) is 24.6 Å². The fourth-order valence-electron chi connectivity index (χ4n) is 3.76. The van der Waals surface area contributed by atoms with Crippen LogP contribution in [0, 0.1) is 5.82 Å². The third-order valence-electron chi connectivity index (χ3n) is 5.04. The second kappa shape index (κ2) is 7.63. The number of piperidine rings is 1. The summed E-state index contributed by atoms with van der Waals surface area (Å²) < 4.78 is 30.6. The Hall–Kier alpha value is -1.67. The van der Waals surface area contributed by atoms with Crippen molar-refractivity contribution in [2.75, 3.05) is 20.2 Å². The van der Waals surface area contributed by atoms with Crippen LogP contribution in [0.2, 0.25) is 0 Å². The summed E-state index contributed by atoms with van der Waals surface area (Å²) in [5.74, 6) is -0.760. The number of benzene rings is 1. The Morgan fingerprint density at radius 3 is 2.71 bits per heavy atom. The SMILES string of the molecule is COC(=O)CC1OC2(CCN(C(=O)OC(C)(C)C)CC2Br)c2cc(F)ccc21. The maximum Gasteiger partial charge on any atom is 0.410 e. The van der Waals surface area contributed by atoms with Gasteiger partial charge in [-0.1, -0.05) is 22.0 Å². The number of nitrogens with zero attached hydrogens (tertiary/aromatic N) is 1. The molecule has 1 aromatic carbocycles. The standard InChI is InChI=1S/C20H25BrFNO5/c1-19(2,3)28-18(25)23-8-7-20(16(21)11-23)14-9-12(22)5-6-13(14)15(27-20)10-17(24)26-4/h5-6,9,15-16H,7-8,10-11H2,1-4H3. The molecule has 0 saturated carbocycles. The Labute approximate surface area is 172 Å². The minimum atomic E-state index is -0.825. The molecule has 2 heterocycles. The number of likely N-dealkylation sites (tertiary alicyclic amines) is 1. The third-order valence-corrected chi connectivity index (χ3v) is 6.07. The molecule has 0 aromatic heterocycles. The van der Waals surface area contributed by atoms with E-state index < -0.39 is 29.4 Å². The van der Waals surface area contributed by atoms with Crippen molar-refractivity contribution in [3.05, 3.63) is 35.1 Å². The van der Waals surface area contributed by atoms with Gasteiger partial charge in [-0.2, -0.15) is 0 Å². The van der Waals surface area contributed by atoms with E-state index in [9.17, 15) is 14.0 Å². The van der Waals surface area contributed by atoms with Gasteiger partial charge in [0.25, 0.3) is 0 Å². The summed E-state index contributed by atoms with van der Waals surface area (Å²) in [6, 6.07) is 4.49. The van der Waals surface area contributed by atoms with Crippen LogP contribution in [0.4, 0.5) is 9.18 Å². The van der Waals surface area contributed by atoms with E-state index in [1.807, 2.05) is 20.8 Å². The molecule has 1 saturated heterocycles. The first kappa shape index (κ1) is 21.0. The van der Waals surface area contributed by atoms with Gasteiger partial charge in [-0.15, -0.1) is 0 Å². The second-order valence-electron chi connectivity index (χ2n) is 8.15. The zero-order valence-corrected chi connectivity index (χ0v) is 18.0. The Kier molecular flexibility index (Phi) is 5.74. The van der Waals surface area contributed by atoms with Crippen molar-refractivity contribution in [2.24, 2.45) is 0 Å². The van der Waals surface area contributed by atoms with Crippen molar-refractivity contribution in [3.63, 3.8) is 0 Å². The van der Waals surface area contributed by atoms with Crippen LogP contribution < -0.4 is 0 Å². The van der Waals surface area contributed by atoms with Crippen LogP contribution in [0.1, 0.15) is 50.8 Å². The molecular formula is C20H25BrFNO5. The molecule has 1 fully saturated rings. The number of ether oxygens (including phenoxy) is 3. The highest BCUT2D eigenvalue weighted by Gasteiger charge is 2.53. The lowest BCUT2D eigenvalue weighted by molar-refractivity contribution is -0.149. The lowest BCUT2D eigenvalue weighted by Gasteiger charge is -2.43. The van der Waals surface area contributed by atoms with E-state index in [1.54, 1.807) is 11.0 Å². The molecule has 2 aliphatic rings. The highest BCUT2D eigenvalue weighted by Crippen LogP contribution is 2.52. The summed E-state index contributed by atoms with van der Waals surface area (Å²) in [5, 5.41) is 0. The molecule has 0 N–H and O–H groups in total.